The van der Waals surface area contributed by atoms with Gasteiger partial charge in [0.25, 0.3) is 0 Å². The Kier molecular flexibility index (Phi) is 5.77. The van der Waals surface area contributed by atoms with Gasteiger partial charge in [-0.1, -0.05) is 15.9 Å². The second-order valence-electron chi connectivity index (χ2n) is 5.69. The van der Waals surface area contributed by atoms with Gasteiger partial charge < -0.3 is 10.1 Å². The molecule has 2 heterocycles. The van der Waals surface area contributed by atoms with E-state index in [1.807, 2.05) is 38.1 Å². The topological polar surface area (TPSA) is 74.0 Å². The van der Waals surface area contributed by atoms with E-state index in [-0.39, 0.29) is 19.2 Å². The van der Waals surface area contributed by atoms with E-state index in [0.717, 1.165) is 26.1 Å². The van der Waals surface area contributed by atoms with Crippen molar-refractivity contribution in [3.05, 3.63) is 57.0 Å². The van der Waals surface area contributed by atoms with Crippen molar-refractivity contribution in [1.82, 2.24) is 19.6 Å². The van der Waals surface area contributed by atoms with Crippen LogP contribution in [0.5, 0.6) is 5.75 Å². The predicted octanol–water partition coefficient (Wildman–Crippen LogP) is 3.90. The third-order valence-corrected chi connectivity index (χ3v) is 5.36. The second kappa shape index (κ2) is 8.05. The zero-order valence-corrected chi connectivity index (χ0v) is 17.4. The van der Waals surface area contributed by atoms with Crippen molar-refractivity contribution in [3.63, 3.8) is 0 Å². The number of carbonyl (C=O) groups is 1. The molecule has 0 aliphatic rings. The van der Waals surface area contributed by atoms with Gasteiger partial charge in [0.2, 0.25) is 5.91 Å². The van der Waals surface area contributed by atoms with Crippen molar-refractivity contribution >= 4 is 43.5 Å². The van der Waals surface area contributed by atoms with Crippen molar-refractivity contribution in [3.8, 4) is 5.75 Å². The third-order valence-electron chi connectivity index (χ3n) is 3.68. The molecule has 0 radical (unpaired) electrons. The highest BCUT2D eigenvalue weighted by atomic mass is 79.9. The monoisotopic (exact) mass is 481 g/mol. The van der Waals surface area contributed by atoms with Crippen LogP contribution >= 0.6 is 31.9 Å². The molecule has 0 saturated heterocycles. The molecule has 0 fully saturated rings. The molecule has 0 aliphatic heterocycles. The Bertz CT molecular complexity index is 918. The highest BCUT2D eigenvalue weighted by molar-refractivity contribution is 9.10. The first kappa shape index (κ1) is 18.7. The standard InChI is InChI=1S/C17H17Br2N5O2/c1-11-17(19)12(2)24(22-11)9-16(25)21-14-7-20-23(8-14)10-26-15-5-3-13(18)4-6-15/h3-8H,9-10H2,1-2H3,(H,21,25). The quantitative estimate of drug-likeness (QED) is 0.578. The normalized spacial score (nSPS) is 10.8. The van der Waals surface area contributed by atoms with Crippen LogP contribution in [0.25, 0.3) is 0 Å². The zero-order valence-electron chi connectivity index (χ0n) is 14.2. The summed E-state index contributed by atoms with van der Waals surface area (Å²) in [5, 5.41) is 11.3. The van der Waals surface area contributed by atoms with Gasteiger partial charge in [0.1, 0.15) is 12.3 Å². The molecule has 26 heavy (non-hydrogen) atoms. The Morgan fingerprint density at radius 1 is 1.23 bits per heavy atom. The Morgan fingerprint density at radius 3 is 2.62 bits per heavy atom. The number of carbonyl (C=O) groups excluding carboxylic acids is 1. The van der Waals surface area contributed by atoms with Crippen LogP contribution in [0, 0.1) is 13.8 Å². The molecule has 0 aliphatic carbocycles. The van der Waals surface area contributed by atoms with Gasteiger partial charge in [0, 0.05) is 4.47 Å². The maximum atomic E-state index is 12.2. The van der Waals surface area contributed by atoms with E-state index in [9.17, 15) is 4.79 Å². The van der Waals surface area contributed by atoms with E-state index in [1.165, 1.54) is 0 Å². The number of aryl methyl sites for hydroxylation is 1. The maximum Gasteiger partial charge on any atom is 0.246 e. The number of hydrogen-bond donors (Lipinski definition) is 1. The smallest absolute Gasteiger partial charge is 0.246 e. The fraction of sp³-hybridized carbons (Fsp3) is 0.235. The van der Waals surface area contributed by atoms with Crippen molar-refractivity contribution in [2.24, 2.45) is 0 Å². The molecule has 1 amide bonds. The summed E-state index contributed by atoms with van der Waals surface area (Å²) in [5.41, 5.74) is 2.37. The zero-order chi connectivity index (χ0) is 18.7. The van der Waals surface area contributed by atoms with E-state index in [2.05, 4.69) is 47.4 Å². The van der Waals surface area contributed by atoms with Gasteiger partial charge in [0.15, 0.2) is 6.73 Å². The lowest BCUT2D eigenvalue weighted by Crippen LogP contribution is -2.20. The van der Waals surface area contributed by atoms with E-state index >= 15 is 0 Å². The predicted molar refractivity (Wildman–Crippen MR) is 105 cm³/mol. The number of amides is 1. The van der Waals surface area contributed by atoms with Crippen molar-refractivity contribution in [2.75, 3.05) is 5.32 Å². The van der Waals surface area contributed by atoms with Gasteiger partial charge in [-0.3, -0.25) is 9.48 Å². The number of halogens is 2. The lowest BCUT2D eigenvalue weighted by Gasteiger charge is -2.06. The van der Waals surface area contributed by atoms with E-state index in [4.69, 9.17) is 4.74 Å². The van der Waals surface area contributed by atoms with Crippen LogP contribution in [0.4, 0.5) is 5.69 Å². The van der Waals surface area contributed by atoms with Gasteiger partial charge in [-0.25, -0.2) is 4.68 Å². The summed E-state index contributed by atoms with van der Waals surface area (Å²) >= 11 is 6.83. The average Bonchev–Trinajstić information content (AvgIpc) is 3.15. The molecule has 0 atom stereocenters. The first-order chi connectivity index (χ1) is 12.4. The molecule has 2 aromatic heterocycles. The molecule has 0 bridgehead atoms. The van der Waals surface area contributed by atoms with Gasteiger partial charge in [0.05, 0.1) is 33.9 Å². The summed E-state index contributed by atoms with van der Waals surface area (Å²) in [6.45, 7) is 4.19. The van der Waals surface area contributed by atoms with Gasteiger partial charge >= 0.3 is 0 Å². The summed E-state index contributed by atoms with van der Waals surface area (Å²) in [5.74, 6) is 0.570. The number of benzene rings is 1. The minimum Gasteiger partial charge on any atom is -0.471 e. The third kappa shape index (κ3) is 4.53. The number of nitrogens with one attached hydrogen (secondary N) is 1. The highest BCUT2D eigenvalue weighted by Gasteiger charge is 2.12. The summed E-state index contributed by atoms with van der Waals surface area (Å²) < 4.78 is 10.8. The molecule has 0 unspecified atom stereocenters. The molecule has 7 nitrogen and oxygen atoms in total. The first-order valence-electron chi connectivity index (χ1n) is 7.82. The van der Waals surface area contributed by atoms with Crippen LogP contribution in [-0.4, -0.2) is 25.5 Å². The Morgan fingerprint density at radius 2 is 1.96 bits per heavy atom. The molecule has 1 N–H and O–H groups in total. The largest absolute Gasteiger partial charge is 0.471 e. The Hall–Kier alpha value is -2.13. The van der Waals surface area contributed by atoms with Crippen LogP contribution in [0.15, 0.2) is 45.6 Å². The fourth-order valence-corrected chi connectivity index (χ4v) is 2.88. The molecule has 3 rings (SSSR count). The second-order valence-corrected chi connectivity index (χ2v) is 7.40. The van der Waals surface area contributed by atoms with E-state index < -0.39 is 0 Å². The molecule has 0 spiro atoms. The van der Waals surface area contributed by atoms with Crippen LogP contribution in [0.2, 0.25) is 0 Å². The lowest BCUT2D eigenvalue weighted by molar-refractivity contribution is -0.116. The van der Waals surface area contributed by atoms with E-state index in [0.29, 0.717) is 5.69 Å². The fourth-order valence-electron chi connectivity index (χ4n) is 2.34. The maximum absolute atomic E-state index is 12.2. The summed E-state index contributed by atoms with van der Waals surface area (Å²) in [6.07, 6.45) is 3.30. The Balaban J connectivity index is 1.55. The minimum absolute atomic E-state index is 0.138. The van der Waals surface area contributed by atoms with Crippen LogP contribution < -0.4 is 10.1 Å². The van der Waals surface area contributed by atoms with Crippen LogP contribution in [0.1, 0.15) is 11.4 Å². The molecule has 9 heteroatoms. The summed E-state index contributed by atoms with van der Waals surface area (Å²) in [4.78, 5) is 12.2. The first-order valence-corrected chi connectivity index (χ1v) is 9.41. The summed E-state index contributed by atoms with van der Waals surface area (Å²) in [7, 11) is 0. The average molecular weight is 483 g/mol. The Labute approximate surface area is 167 Å². The minimum atomic E-state index is -0.170. The SMILES string of the molecule is Cc1nn(CC(=O)Nc2cnn(COc3ccc(Br)cc3)c2)c(C)c1Br. The number of hydrogen-bond acceptors (Lipinski definition) is 4. The lowest BCUT2D eigenvalue weighted by atomic mass is 10.3. The molecule has 0 saturated carbocycles. The number of nitrogens with zero attached hydrogens (tertiary/aromatic N) is 4. The van der Waals surface area contributed by atoms with Crippen molar-refractivity contribution in [2.45, 2.75) is 27.1 Å². The number of aromatic nitrogens is 4. The number of anilines is 1. The van der Waals surface area contributed by atoms with Crippen LogP contribution in [0.3, 0.4) is 0 Å². The highest BCUT2D eigenvalue weighted by Crippen LogP contribution is 2.20. The van der Waals surface area contributed by atoms with Crippen molar-refractivity contribution < 1.29 is 9.53 Å². The molecular weight excluding hydrogens is 466 g/mol. The molecule has 3 aromatic rings. The van der Waals surface area contributed by atoms with Crippen molar-refractivity contribution in [1.29, 1.82) is 0 Å². The number of rotatable bonds is 6. The van der Waals surface area contributed by atoms with E-state index in [1.54, 1.807) is 21.8 Å². The van der Waals surface area contributed by atoms with Gasteiger partial charge in [-0.15, -0.1) is 0 Å². The van der Waals surface area contributed by atoms with Gasteiger partial charge in [-0.2, -0.15) is 10.2 Å². The molecular formula is C17H17Br2N5O2. The number of ether oxygens (including phenoxy) is 1. The summed E-state index contributed by atoms with van der Waals surface area (Å²) in [6, 6.07) is 7.54. The molecule has 136 valence electrons. The van der Waals surface area contributed by atoms with Gasteiger partial charge in [-0.05, 0) is 54.0 Å². The van der Waals surface area contributed by atoms with Crippen LogP contribution in [-0.2, 0) is 18.1 Å². The molecule has 1 aromatic carbocycles.